The molecule has 0 N–H and O–H groups in total. The number of ether oxygens (including phenoxy) is 2. The van der Waals surface area contributed by atoms with Crippen molar-refractivity contribution in [2.45, 2.75) is 155 Å². The summed E-state index contributed by atoms with van der Waals surface area (Å²) >= 11 is 0. The highest BCUT2D eigenvalue weighted by Gasteiger charge is 2.02. The van der Waals surface area contributed by atoms with E-state index in [4.69, 9.17) is 9.47 Å². The Hall–Kier alpha value is -1.32. The molecule has 0 aliphatic rings. The first-order chi connectivity index (χ1) is 16.7. The molecule has 0 aromatic rings. The van der Waals surface area contributed by atoms with Gasteiger partial charge in [-0.1, -0.05) is 142 Å². The molecule has 0 unspecified atom stereocenters. The average Bonchev–Trinajstić information content (AvgIpc) is 2.83. The van der Waals surface area contributed by atoms with Crippen LogP contribution in [0, 0.1) is 0 Å². The zero-order valence-corrected chi connectivity index (χ0v) is 22.8. The average molecular weight is 481 g/mol. The molecule has 0 saturated heterocycles. The molecule has 0 saturated carbocycles. The molecule has 0 radical (unpaired) electrons. The van der Waals surface area contributed by atoms with Gasteiger partial charge in [0.1, 0.15) is 0 Å². The summed E-state index contributed by atoms with van der Waals surface area (Å²) in [6.07, 6.45) is 29.3. The van der Waals surface area contributed by atoms with E-state index in [0.29, 0.717) is 13.2 Å². The van der Waals surface area contributed by atoms with Gasteiger partial charge in [0, 0.05) is 0 Å². The van der Waals surface area contributed by atoms with Gasteiger partial charge in [-0.2, -0.15) is 0 Å². The van der Waals surface area contributed by atoms with Crippen LogP contribution < -0.4 is 0 Å². The van der Waals surface area contributed by atoms with Crippen molar-refractivity contribution in [2.75, 3.05) is 13.2 Å². The van der Waals surface area contributed by atoms with Crippen molar-refractivity contribution in [3.63, 3.8) is 0 Å². The summed E-state index contributed by atoms with van der Waals surface area (Å²) in [7, 11) is 0. The fourth-order valence-corrected chi connectivity index (χ4v) is 4.03. The van der Waals surface area contributed by atoms with Crippen LogP contribution in [-0.2, 0) is 19.1 Å². The van der Waals surface area contributed by atoms with Crippen molar-refractivity contribution < 1.29 is 19.1 Å². The Bertz CT molecular complexity index is 430. The standard InChI is InChI=1S/C30H56O4/c1-3-5-7-9-11-13-15-17-19-23-27-33-29(31)25-21-22-26-30(32)34-28-24-20-18-16-14-12-10-8-6-4-2/h21-22H,3-20,23-28H2,1-2H3. The van der Waals surface area contributed by atoms with Gasteiger partial charge in [0.2, 0.25) is 0 Å². The first kappa shape index (κ1) is 32.7. The summed E-state index contributed by atoms with van der Waals surface area (Å²) in [5.41, 5.74) is 0. The van der Waals surface area contributed by atoms with Gasteiger partial charge in [-0.05, 0) is 12.8 Å². The van der Waals surface area contributed by atoms with Crippen molar-refractivity contribution in [1.82, 2.24) is 0 Å². The zero-order valence-electron chi connectivity index (χ0n) is 22.8. The molecule has 0 aliphatic heterocycles. The molecule has 0 spiro atoms. The van der Waals surface area contributed by atoms with Gasteiger partial charge in [0.25, 0.3) is 0 Å². The maximum atomic E-state index is 11.7. The third kappa shape index (κ3) is 26.9. The molecule has 0 fully saturated rings. The minimum Gasteiger partial charge on any atom is -0.465 e. The highest BCUT2D eigenvalue weighted by atomic mass is 16.5. The molecular formula is C30H56O4. The predicted octanol–water partition coefficient (Wildman–Crippen LogP) is 9.25. The summed E-state index contributed by atoms with van der Waals surface area (Å²) in [6.45, 7) is 5.51. The lowest BCUT2D eigenvalue weighted by Gasteiger charge is -2.04. The number of unbranched alkanes of at least 4 members (excludes halogenated alkanes) is 18. The molecule has 0 aromatic heterocycles. The second-order valence-electron chi connectivity index (χ2n) is 9.68. The summed E-state index contributed by atoms with van der Waals surface area (Å²) in [6, 6.07) is 0. The van der Waals surface area contributed by atoms with Gasteiger partial charge in [-0.25, -0.2) is 0 Å². The van der Waals surface area contributed by atoms with Crippen molar-refractivity contribution in [2.24, 2.45) is 0 Å². The van der Waals surface area contributed by atoms with Crippen LogP contribution in [-0.4, -0.2) is 25.2 Å². The fraction of sp³-hybridized carbons (Fsp3) is 0.867. The topological polar surface area (TPSA) is 52.6 Å². The summed E-state index contributed by atoms with van der Waals surface area (Å²) in [5.74, 6) is -0.434. The lowest BCUT2D eigenvalue weighted by molar-refractivity contribution is -0.144. The molecule has 0 heterocycles. The largest absolute Gasteiger partial charge is 0.465 e. The Morgan fingerprint density at radius 1 is 0.441 bits per heavy atom. The summed E-state index contributed by atoms with van der Waals surface area (Å²) in [5, 5.41) is 0. The first-order valence-electron chi connectivity index (χ1n) is 14.7. The van der Waals surface area contributed by atoms with Crippen LogP contribution in [0.25, 0.3) is 0 Å². The van der Waals surface area contributed by atoms with Crippen molar-refractivity contribution in [3.8, 4) is 0 Å². The van der Waals surface area contributed by atoms with Gasteiger partial charge in [-0.15, -0.1) is 0 Å². The van der Waals surface area contributed by atoms with Crippen LogP contribution in [0.5, 0.6) is 0 Å². The van der Waals surface area contributed by atoms with Gasteiger partial charge in [0.05, 0.1) is 26.1 Å². The van der Waals surface area contributed by atoms with Crippen LogP contribution in [0.2, 0.25) is 0 Å². The number of hydrogen-bond donors (Lipinski definition) is 0. The van der Waals surface area contributed by atoms with Crippen LogP contribution in [0.1, 0.15) is 155 Å². The normalized spacial score (nSPS) is 11.2. The Morgan fingerprint density at radius 3 is 1.00 bits per heavy atom. The third-order valence-electron chi connectivity index (χ3n) is 6.26. The minimum absolute atomic E-state index is 0.217. The van der Waals surface area contributed by atoms with Crippen LogP contribution in [0.15, 0.2) is 12.2 Å². The van der Waals surface area contributed by atoms with E-state index in [1.54, 1.807) is 12.2 Å². The van der Waals surface area contributed by atoms with Crippen LogP contribution in [0.4, 0.5) is 0 Å². The highest BCUT2D eigenvalue weighted by molar-refractivity contribution is 5.73. The number of hydrogen-bond acceptors (Lipinski definition) is 4. The molecule has 0 aromatic carbocycles. The second-order valence-corrected chi connectivity index (χ2v) is 9.68. The van der Waals surface area contributed by atoms with E-state index in [0.717, 1.165) is 25.7 Å². The molecular weight excluding hydrogens is 424 g/mol. The van der Waals surface area contributed by atoms with E-state index < -0.39 is 0 Å². The lowest BCUT2D eigenvalue weighted by atomic mass is 10.1. The number of esters is 2. The monoisotopic (exact) mass is 480 g/mol. The summed E-state index contributed by atoms with van der Waals surface area (Å²) < 4.78 is 10.5. The van der Waals surface area contributed by atoms with Crippen molar-refractivity contribution >= 4 is 11.9 Å². The first-order valence-corrected chi connectivity index (χ1v) is 14.7. The molecule has 0 atom stereocenters. The van der Waals surface area contributed by atoms with Gasteiger partial charge < -0.3 is 9.47 Å². The van der Waals surface area contributed by atoms with E-state index in [-0.39, 0.29) is 24.8 Å². The Labute approximate surface area is 211 Å². The third-order valence-corrected chi connectivity index (χ3v) is 6.26. The molecule has 0 aliphatic carbocycles. The Kier molecular flexibility index (Phi) is 26.8. The Morgan fingerprint density at radius 2 is 0.706 bits per heavy atom. The predicted molar refractivity (Wildman–Crippen MR) is 144 cm³/mol. The number of rotatable bonds is 26. The summed E-state index contributed by atoms with van der Waals surface area (Å²) in [4.78, 5) is 23.5. The maximum absolute atomic E-state index is 11.7. The SMILES string of the molecule is CCCCCCCCCCCCOC(=O)CC=CCC(=O)OCCCCCCCCCCCC. The molecule has 4 nitrogen and oxygen atoms in total. The van der Waals surface area contributed by atoms with Gasteiger partial charge in [0.15, 0.2) is 0 Å². The number of carbonyl (C=O) groups excluding carboxylic acids is 2. The van der Waals surface area contributed by atoms with E-state index >= 15 is 0 Å². The van der Waals surface area contributed by atoms with Crippen molar-refractivity contribution in [1.29, 1.82) is 0 Å². The quantitative estimate of drug-likeness (QED) is 0.0703. The molecule has 0 bridgehead atoms. The minimum atomic E-state index is -0.217. The van der Waals surface area contributed by atoms with Gasteiger partial charge >= 0.3 is 11.9 Å². The molecule has 0 amide bonds. The van der Waals surface area contributed by atoms with Crippen molar-refractivity contribution in [3.05, 3.63) is 12.2 Å². The van der Waals surface area contributed by atoms with Crippen LogP contribution >= 0.6 is 0 Å². The Balaban J connectivity index is 3.37. The smallest absolute Gasteiger partial charge is 0.309 e. The van der Waals surface area contributed by atoms with E-state index in [1.165, 1.54) is 103 Å². The highest BCUT2D eigenvalue weighted by Crippen LogP contribution is 2.11. The molecule has 0 rings (SSSR count). The van der Waals surface area contributed by atoms with E-state index in [1.807, 2.05) is 0 Å². The molecule has 4 heteroatoms. The van der Waals surface area contributed by atoms with E-state index in [9.17, 15) is 9.59 Å². The molecule has 200 valence electrons. The van der Waals surface area contributed by atoms with Crippen LogP contribution in [0.3, 0.4) is 0 Å². The fourth-order valence-electron chi connectivity index (χ4n) is 4.03. The lowest BCUT2D eigenvalue weighted by Crippen LogP contribution is -2.05. The second kappa shape index (κ2) is 27.9. The maximum Gasteiger partial charge on any atom is 0.309 e. The zero-order chi connectivity index (χ0) is 25.0. The number of carbonyl (C=O) groups is 2. The molecule has 34 heavy (non-hydrogen) atoms. The van der Waals surface area contributed by atoms with Gasteiger partial charge in [-0.3, -0.25) is 9.59 Å². The van der Waals surface area contributed by atoms with E-state index in [2.05, 4.69) is 13.8 Å².